The monoisotopic (exact) mass is 432 g/mol. The largest absolute Gasteiger partial charge is 0.492 e. The number of nitrogens with zero attached hydrogens (tertiary/aromatic N) is 2. The summed E-state index contributed by atoms with van der Waals surface area (Å²) in [5.41, 5.74) is 4.26. The maximum Gasteiger partial charge on any atom is 0.168 e. The van der Waals surface area contributed by atoms with Crippen molar-refractivity contribution in [3.8, 4) is 5.75 Å². The van der Waals surface area contributed by atoms with Crippen molar-refractivity contribution in [3.05, 3.63) is 89.7 Å². The van der Waals surface area contributed by atoms with Crippen LogP contribution in [-0.2, 0) is 22.8 Å². The zero-order valence-corrected chi connectivity index (χ0v) is 18.9. The molecule has 0 N–H and O–H groups in total. The first-order valence-corrected chi connectivity index (χ1v) is 11.3. The molecular weight excluding hydrogens is 400 g/mol. The second-order valence-corrected chi connectivity index (χ2v) is 8.24. The third-order valence-electron chi connectivity index (χ3n) is 6.19. The predicted molar refractivity (Wildman–Crippen MR) is 127 cm³/mol. The Morgan fingerprint density at radius 1 is 0.844 bits per heavy atom. The Hall–Kier alpha value is -2.89. The molecule has 0 amide bonds. The number of pyridine rings is 1. The highest BCUT2D eigenvalue weighted by atomic mass is 16.7. The van der Waals surface area contributed by atoms with E-state index in [2.05, 4.69) is 52.5 Å². The molecule has 32 heavy (non-hydrogen) atoms. The van der Waals surface area contributed by atoms with Crippen molar-refractivity contribution >= 4 is 5.69 Å². The number of methoxy groups -OCH3 is 2. The fourth-order valence-corrected chi connectivity index (χ4v) is 4.57. The summed E-state index contributed by atoms with van der Waals surface area (Å²) in [7, 11) is 3.35. The molecule has 0 unspecified atom stereocenters. The molecule has 0 atom stereocenters. The van der Waals surface area contributed by atoms with E-state index in [9.17, 15) is 0 Å². The SMILES string of the molecule is COCc1nccc(N(OCc2ccccc2)[C@H]2CC[C@@H](c3ccccc3)CC2)c1OC. The van der Waals surface area contributed by atoms with Crippen LogP contribution in [0.4, 0.5) is 5.69 Å². The first-order chi connectivity index (χ1) is 15.8. The Morgan fingerprint density at radius 2 is 1.53 bits per heavy atom. The molecule has 168 valence electrons. The minimum Gasteiger partial charge on any atom is -0.492 e. The number of anilines is 1. The lowest BCUT2D eigenvalue weighted by Gasteiger charge is -2.38. The first-order valence-electron chi connectivity index (χ1n) is 11.3. The van der Waals surface area contributed by atoms with Gasteiger partial charge in [0.25, 0.3) is 0 Å². The lowest BCUT2D eigenvalue weighted by Crippen LogP contribution is -2.38. The maximum absolute atomic E-state index is 6.46. The summed E-state index contributed by atoms with van der Waals surface area (Å²) in [6.45, 7) is 0.898. The van der Waals surface area contributed by atoms with E-state index in [-0.39, 0.29) is 6.04 Å². The van der Waals surface area contributed by atoms with Gasteiger partial charge in [0.2, 0.25) is 0 Å². The van der Waals surface area contributed by atoms with Crippen LogP contribution in [0.5, 0.6) is 5.75 Å². The third-order valence-corrected chi connectivity index (χ3v) is 6.19. The van der Waals surface area contributed by atoms with Crippen molar-refractivity contribution in [3.63, 3.8) is 0 Å². The fraction of sp³-hybridized carbons (Fsp3) is 0.370. The number of hydrogen-bond acceptors (Lipinski definition) is 5. The first kappa shape index (κ1) is 22.3. The van der Waals surface area contributed by atoms with Gasteiger partial charge in [-0.05, 0) is 48.8 Å². The van der Waals surface area contributed by atoms with E-state index in [0.717, 1.165) is 42.6 Å². The Morgan fingerprint density at radius 3 is 2.19 bits per heavy atom. The van der Waals surface area contributed by atoms with Crippen molar-refractivity contribution in [1.82, 2.24) is 4.98 Å². The number of hydrogen-bond donors (Lipinski definition) is 0. The average Bonchev–Trinajstić information content (AvgIpc) is 2.86. The van der Waals surface area contributed by atoms with E-state index in [1.807, 2.05) is 24.3 Å². The van der Waals surface area contributed by atoms with Crippen molar-refractivity contribution in [2.75, 3.05) is 19.3 Å². The molecule has 1 heterocycles. The zero-order valence-electron chi connectivity index (χ0n) is 18.9. The topological polar surface area (TPSA) is 43.8 Å². The van der Waals surface area contributed by atoms with Crippen LogP contribution >= 0.6 is 0 Å². The molecule has 0 bridgehead atoms. The van der Waals surface area contributed by atoms with Gasteiger partial charge in [-0.15, -0.1) is 0 Å². The van der Waals surface area contributed by atoms with Crippen LogP contribution in [0.25, 0.3) is 0 Å². The van der Waals surface area contributed by atoms with E-state index >= 15 is 0 Å². The smallest absolute Gasteiger partial charge is 0.168 e. The highest BCUT2D eigenvalue weighted by Gasteiger charge is 2.30. The molecule has 4 rings (SSSR count). The number of hydroxylamine groups is 1. The van der Waals surface area contributed by atoms with Gasteiger partial charge in [-0.3, -0.25) is 9.82 Å². The summed E-state index contributed by atoms with van der Waals surface area (Å²) < 4.78 is 11.1. The molecule has 1 aliphatic rings. The van der Waals surface area contributed by atoms with Crippen LogP contribution in [0.1, 0.15) is 48.4 Å². The second-order valence-electron chi connectivity index (χ2n) is 8.24. The summed E-state index contributed by atoms with van der Waals surface area (Å²) in [6.07, 6.45) is 6.19. The van der Waals surface area contributed by atoms with Gasteiger partial charge in [-0.25, -0.2) is 5.06 Å². The number of rotatable bonds is 9. The second kappa shape index (κ2) is 11.1. The highest BCUT2D eigenvalue weighted by molar-refractivity contribution is 5.59. The third kappa shape index (κ3) is 5.29. The van der Waals surface area contributed by atoms with E-state index in [4.69, 9.17) is 14.3 Å². The molecule has 0 saturated heterocycles. The van der Waals surface area contributed by atoms with Crippen molar-refractivity contribution in [2.24, 2.45) is 0 Å². The van der Waals surface area contributed by atoms with Gasteiger partial charge in [0.05, 0.1) is 26.4 Å². The van der Waals surface area contributed by atoms with E-state index < -0.39 is 0 Å². The minimum atomic E-state index is 0.269. The van der Waals surface area contributed by atoms with Gasteiger partial charge < -0.3 is 9.47 Å². The van der Waals surface area contributed by atoms with Crippen molar-refractivity contribution < 1.29 is 14.3 Å². The fourth-order valence-electron chi connectivity index (χ4n) is 4.57. The number of aromatic nitrogens is 1. The Balaban J connectivity index is 1.57. The van der Waals surface area contributed by atoms with E-state index in [1.165, 1.54) is 5.56 Å². The van der Waals surface area contributed by atoms with Gasteiger partial charge in [0.1, 0.15) is 11.4 Å². The normalized spacial score (nSPS) is 18.3. The van der Waals surface area contributed by atoms with Crippen molar-refractivity contribution in [1.29, 1.82) is 0 Å². The molecule has 5 nitrogen and oxygen atoms in total. The Bertz CT molecular complexity index is 957. The molecule has 0 spiro atoms. The summed E-state index contributed by atoms with van der Waals surface area (Å²) in [4.78, 5) is 10.9. The average molecular weight is 433 g/mol. The minimum absolute atomic E-state index is 0.269. The molecule has 3 aromatic rings. The zero-order chi connectivity index (χ0) is 22.2. The Kier molecular flexibility index (Phi) is 7.75. The molecule has 1 saturated carbocycles. The van der Waals surface area contributed by atoms with Gasteiger partial charge >= 0.3 is 0 Å². The van der Waals surface area contributed by atoms with Crippen LogP contribution in [0.15, 0.2) is 72.9 Å². The molecule has 1 aliphatic carbocycles. The summed E-state index contributed by atoms with van der Waals surface area (Å²) in [6, 6.07) is 23.4. The number of benzene rings is 2. The van der Waals surface area contributed by atoms with Gasteiger partial charge in [0.15, 0.2) is 5.75 Å². The van der Waals surface area contributed by atoms with Crippen LogP contribution in [-0.4, -0.2) is 25.2 Å². The maximum atomic E-state index is 6.46. The van der Waals surface area contributed by atoms with E-state index in [1.54, 1.807) is 20.4 Å². The van der Waals surface area contributed by atoms with Gasteiger partial charge in [0, 0.05) is 13.3 Å². The lowest BCUT2D eigenvalue weighted by atomic mass is 9.81. The summed E-state index contributed by atoms with van der Waals surface area (Å²) in [5.74, 6) is 1.32. The molecule has 0 aliphatic heterocycles. The summed E-state index contributed by atoms with van der Waals surface area (Å²) >= 11 is 0. The van der Waals surface area contributed by atoms with Crippen LogP contribution in [0.3, 0.4) is 0 Å². The van der Waals surface area contributed by atoms with Gasteiger partial charge in [-0.1, -0.05) is 60.7 Å². The molecular formula is C27H32N2O3. The van der Waals surface area contributed by atoms with Crippen molar-refractivity contribution in [2.45, 2.75) is 50.9 Å². The molecule has 0 radical (unpaired) electrons. The number of ether oxygens (including phenoxy) is 2. The standard InChI is InChI=1S/C27H32N2O3/c1-30-20-25-27(31-2)26(17-18-28-25)29(32-19-21-9-5-3-6-10-21)24-15-13-23(14-16-24)22-11-7-4-8-12-22/h3-12,17-18,23-24H,13-16,19-20H2,1-2H3/t23-,24+. The lowest BCUT2D eigenvalue weighted by molar-refractivity contribution is 0.0611. The van der Waals surface area contributed by atoms with E-state index in [0.29, 0.717) is 24.9 Å². The predicted octanol–water partition coefficient (Wildman–Crippen LogP) is 5.90. The Labute approximate surface area is 190 Å². The molecule has 1 aromatic heterocycles. The van der Waals surface area contributed by atoms with Gasteiger partial charge in [-0.2, -0.15) is 0 Å². The van der Waals surface area contributed by atoms with Crippen LogP contribution in [0, 0.1) is 0 Å². The van der Waals surface area contributed by atoms with Crippen LogP contribution in [0.2, 0.25) is 0 Å². The quantitative estimate of drug-likeness (QED) is 0.394. The molecule has 1 fully saturated rings. The molecule has 2 aromatic carbocycles. The highest BCUT2D eigenvalue weighted by Crippen LogP contribution is 2.39. The van der Waals surface area contributed by atoms with Crippen LogP contribution < -0.4 is 9.80 Å². The summed E-state index contributed by atoms with van der Waals surface area (Å²) in [5, 5.41) is 2.06. The molecule has 5 heteroatoms.